The number of aryl methyl sites for hydroxylation is 1. The van der Waals surface area contributed by atoms with Crippen LogP contribution in [0.5, 0.6) is 0 Å². The molecule has 1 heterocycles. The summed E-state index contributed by atoms with van der Waals surface area (Å²) in [4.78, 5) is 12.3. The minimum absolute atomic E-state index is 0.255. The molecule has 82 valence electrons. The molecular weight excluding hydrogens is 208 g/mol. The van der Waals surface area contributed by atoms with Gasteiger partial charge >= 0.3 is 5.97 Å². The number of rotatable bonds is 5. The number of unbranched alkanes of at least 4 members (excludes halogenated alkanes) is 1. The monoisotopic (exact) mass is 224 g/mol. The van der Waals surface area contributed by atoms with Crippen LogP contribution >= 0.6 is 11.3 Å². The Hall–Kier alpha value is -1.09. The Morgan fingerprint density at radius 2 is 2.40 bits per heavy atom. The van der Waals surface area contributed by atoms with E-state index < -0.39 is 0 Å². The second-order valence-electron chi connectivity index (χ2n) is 3.38. The maximum absolute atomic E-state index is 11.2. The summed E-state index contributed by atoms with van der Waals surface area (Å²) in [5.74, 6) is -0.255. The first-order chi connectivity index (χ1) is 7.22. The highest BCUT2D eigenvalue weighted by molar-refractivity contribution is 7.11. The molecule has 1 rings (SSSR count). The zero-order chi connectivity index (χ0) is 11.1. The molecule has 0 atom stereocenters. The normalized spacial score (nSPS) is 10.8. The van der Waals surface area contributed by atoms with E-state index in [2.05, 4.69) is 12.3 Å². The van der Waals surface area contributed by atoms with Gasteiger partial charge in [0.15, 0.2) is 0 Å². The van der Waals surface area contributed by atoms with Crippen LogP contribution in [0.3, 0.4) is 0 Å². The summed E-state index contributed by atoms with van der Waals surface area (Å²) >= 11 is 1.63. The van der Waals surface area contributed by atoms with Gasteiger partial charge in [0.05, 0.1) is 6.61 Å². The zero-order valence-corrected chi connectivity index (χ0v) is 9.97. The predicted octanol–water partition coefficient (Wildman–Crippen LogP) is 3.41. The zero-order valence-electron chi connectivity index (χ0n) is 9.16. The molecule has 0 bridgehead atoms. The first kappa shape index (κ1) is 12.0. The van der Waals surface area contributed by atoms with Gasteiger partial charge in [-0.2, -0.15) is 0 Å². The van der Waals surface area contributed by atoms with Crippen molar-refractivity contribution in [2.75, 3.05) is 6.61 Å². The summed E-state index contributed by atoms with van der Waals surface area (Å²) in [6.07, 6.45) is 5.26. The van der Waals surface area contributed by atoms with E-state index in [0.717, 1.165) is 17.7 Å². The Morgan fingerprint density at radius 3 is 3.00 bits per heavy atom. The van der Waals surface area contributed by atoms with Gasteiger partial charge in [-0.1, -0.05) is 13.3 Å². The molecule has 2 nitrogen and oxygen atoms in total. The highest BCUT2D eigenvalue weighted by atomic mass is 32.1. The van der Waals surface area contributed by atoms with Crippen LogP contribution in [0.4, 0.5) is 0 Å². The third-order valence-corrected chi connectivity index (χ3v) is 2.89. The van der Waals surface area contributed by atoms with Crippen LogP contribution in [0, 0.1) is 6.92 Å². The van der Waals surface area contributed by atoms with Crippen LogP contribution in [-0.4, -0.2) is 12.6 Å². The summed E-state index contributed by atoms with van der Waals surface area (Å²) < 4.78 is 4.99. The van der Waals surface area contributed by atoms with E-state index in [1.54, 1.807) is 17.4 Å². The van der Waals surface area contributed by atoms with Crippen LogP contribution in [0.25, 0.3) is 6.08 Å². The average Bonchev–Trinajstić information content (AvgIpc) is 2.62. The van der Waals surface area contributed by atoms with Gasteiger partial charge in [0.2, 0.25) is 0 Å². The van der Waals surface area contributed by atoms with E-state index >= 15 is 0 Å². The van der Waals surface area contributed by atoms with E-state index in [4.69, 9.17) is 4.74 Å². The van der Waals surface area contributed by atoms with Gasteiger partial charge < -0.3 is 4.74 Å². The largest absolute Gasteiger partial charge is 0.463 e. The predicted molar refractivity (Wildman–Crippen MR) is 64.0 cm³/mol. The molecule has 0 N–H and O–H groups in total. The summed E-state index contributed by atoms with van der Waals surface area (Å²) in [5, 5.41) is 2.06. The van der Waals surface area contributed by atoms with Gasteiger partial charge in [-0.15, -0.1) is 11.3 Å². The smallest absolute Gasteiger partial charge is 0.330 e. The Balaban J connectivity index is 2.34. The van der Waals surface area contributed by atoms with E-state index in [9.17, 15) is 4.79 Å². The highest BCUT2D eigenvalue weighted by Gasteiger charge is 1.96. The fraction of sp³-hybridized carbons (Fsp3) is 0.417. The Labute approximate surface area is 94.6 Å². The van der Waals surface area contributed by atoms with E-state index in [1.807, 2.05) is 13.0 Å². The van der Waals surface area contributed by atoms with Crippen molar-refractivity contribution < 1.29 is 9.53 Å². The maximum atomic E-state index is 11.2. The van der Waals surface area contributed by atoms with E-state index in [-0.39, 0.29) is 5.97 Å². The minimum Gasteiger partial charge on any atom is -0.463 e. The molecular formula is C12H16O2S. The number of hydrogen-bond donors (Lipinski definition) is 0. The lowest BCUT2D eigenvalue weighted by atomic mass is 10.3. The second kappa shape index (κ2) is 6.40. The lowest BCUT2D eigenvalue weighted by Gasteiger charge is -1.98. The van der Waals surface area contributed by atoms with Crippen LogP contribution in [0.1, 0.15) is 30.2 Å². The molecule has 0 aromatic carbocycles. The Kier molecular flexibility index (Phi) is 5.12. The molecule has 0 aliphatic rings. The van der Waals surface area contributed by atoms with Crippen LogP contribution in [-0.2, 0) is 9.53 Å². The van der Waals surface area contributed by atoms with Crippen LogP contribution < -0.4 is 0 Å². The summed E-state index contributed by atoms with van der Waals surface area (Å²) in [7, 11) is 0. The molecule has 1 aromatic rings. The molecule has 1 aromatic heterocycles. The van der Waals surface area contributed by atoms with E-state index in [1.165, 1.54) is 11.6 Å². The summed E-state index contributed by atoms with van der Waals surface area (Å²) in [6, 6.07) is 2.04. The first-order valence-corrected chi connectivity index (χ1v) is 6.00. The van der Waals surface area contributed by atoms with Crippen molar-refractivity contribution in [3.8, 4) is 0 Å². The molecule has 0 radical (unpaired) electrons. The summed E-state index contributed by atoms with van der Waals surface area (Å²) in [5.41, 5.74) is 1.22. The van der Waals surface area contributed by atoms with Gasteiger partial charge in [-0.05, 0) is 36.4 Å². The molecule has 3 heteroatoms. The van der Waals surface area contributed by atoms with Crippen molar-refractivity contribution in [1.82, 2.24) is 0 Å². The average molecular weight is 224 g/mol. The topological polar surface area (TPSA) is 26.3 Å². The van der Waals surface area contributed by atoms with Crippen molar-refractivity contribution in [2.45, 2.75) is 26.7 Å². The molecule has 0 unspecified atom stereocenters. The van der Waals surface area contributed by atoms with Crippen molar-refractivity contribution in [1.29, 1.82) is 0 Å². The van der Waals surface area contributed by atoms with Crippen molar-refractivity contribution >= 4 is 23.4 Å². The molecule has 0 saturated carbocycles. The van der Waals surface area contributed by atoms with Gasteiger partial charge in [0.1, 0.15) is 0 Å². The third kappa shape index (κ3) is 4.79. The highest BCUT2D eigenvalue weighted by Crippen LogP contribution is 2.14. The van der Waals surface area contributed by atoms with Gasteiger partial charge in [0, 0.05) is 11.0 Å². The SMILES string of the molecule is CCCCOC(=O)/C=C/c1cc(C)cs1. The summed E-state index contributed by atoms with van der Waals surface area (Å²) in [6.45, 7) is 4.62. The number of esters is 1. The van der Waals surface area contributed by atoms with Crippen LogP contribution in [0.2, 0.25) is 0 Å². The molecule has 0 saturated heterocycles. The van der Waals surface area contributed by atoms with Crippen LogP contribution in [0.15, 0.2) is 17.5 Å². The second-order valence-corrected chi connectivity index (χ2v) is 4.32. The standard InChI is InChI=1S/C12H16O2S/c1-3-4-7-14-12(13)6-5-11-8-10(2)9-15-11/h5-6,8-9H,3-4,7H2,1-2H3/b6-5+. The molecule has 15 heavy (non-hydrogen) atoms. The third-order valence-electron chi connectivity index (χ3n) is 1.88. The lowest BCUT2D eigenvalue weighted by Crippen LogP contribution is -2.01. The number of carbonyl (C=O) groups excluding carboxylic acids is 1. The molecule has 0 fully saturated rings. The Morgan fingerprint density at radius 1 is 1.60 bits per heavy atom. The lowest BCUT2D eigenvalue weighted by molar-refractivity contribution is -0.137. The molecule has 0 amide bonds. The first-order valence-electron chi connectivity index (χ1n) is 5.12. The quantitative estimate of drug-likeness (QED) is 0.435. The number of ether oxygens (including phenoxy) is 1. The molecule has 0 aliphatic heterocycles. The maximum Gasteiger partial charge on any atom is 0.330 e. The fourth-order valence-corrected chi connectivity index (χ4v) is 1.85. The number of thiophene rings is 1. The van der Waals surface area contributed by atoms with E-state index in [0.29, 0.717) is 6.61 Å². The fourth-order valence-electron chi connectivity index (χ4n) is 1.06. The van der Waals surface area contributed by atoms with Gasteiger partial charge in [-0.25, -0.2) is 4.79 Å². The Bertz CT molecular complexity index is 339. The van der Waals surface area contributed by atoms with Crippen molar-refractivity contribution in [3.05, 3.63) is 28.0 Å². The van der Waals surface area contributed by atoms with Crippen molar-refractivity contribution in [3.63, 3.8) is 0 Å². The number of hydrogen-bond acceptors (Lipinski definition) is 3. The molecule has 0 spiro atoms. The van der Waals surface area contributed by atoms with Gasteiger partial charge in [0.25, 0.3) is 0 Å². The van der Waals surface area contributed by atoms with Crippen molar-refractivity contribution in [2.24, 2.45) is 0 Å². The minimum atomic E-state index is -0.255. The number of carbonyl (C=O) groups is 1. The van der Waals surface area contributed by atoms with Gasteiger partial charge in [-0.3, -0.25) is 0 Å². The molecule has 0 aliphatic carbocycles.